The van der Waals surface area contributed by atoms with Gasteiger partial charge < -0.3 is 14.2 Å². The Morgan fingerprint density at radius 2 is 1.85 bits per heavy atom. The van der Waals surface area contributed by atoms with Crippen LogP contribution in [0.3, 0.4) is 0 Å². The molecule has 0 amide bonds. The molecule has 0 bridgehead atoms. The predicted octanol–water partition coefficient (Wildman–Crippen LogP) is 5.01. The fourth-order valence-corrected chi connectivity index (χ4v) is 4.55. The number of terminal acetylenes is 1. The molecule has 3 aromatic rings. The molecular weight excluding hydrogens is 428 g/mol. The number of methoxy groups -OCH3 is 3. The summed E-state index contributed by atoms with van der Waals surface area (Å²) in [5, 5.41) is 0.844. The van der Waals surface area contributed by atoms with E-state index in [0.717, 1.165) is 42.5 Å². The first-order valence-electron chi connectivity index (χ1n) is 11.4. The van der Waals surface area contributed by atoms with Gasteiger partial charge in [-0.1, -0.05) is 36.4 Å². The highest BCUT2D eigenvalue weighted by atomic mass is 16.5. The second-order valence-electron chi connectivity index (χ2n) is 8.25. The minimum atomic E-state index is -0.0643. The van der Waals surface area contributed by atoms with Gasteiger partial charge in [-0.2, -0.15) is 0 Å². The number of aromatic nitrogens is 1. The molecule has 0 saturated carbocycles. The fourth-order valence-electron chi connectivity index (χ4n) is 4.55. The first-order chi connectivity index (χ1) is 16.6. The summed E-state index contributed by atoms with van der Waals surface area (Å²) in [5.74, 6) is 4.07. The molecule has 2 aromatic carbocycles. The lowest BCUT2D eigenvalue weighted by Gasteiger charge is -2.26. The number of carbonyl (C=O) groups is 1. The maximum atomic E-state index is 13.0. The van der Waals surface area contributed by atoms with Gasteiger partial charge in [-0.15, -0.1) is 12.3 Å². The maximum Gasteiger partial charge on any atom is 0.232 e. The van der Waals surface area contributed by atoms with Crippen LogP contribution in [0.5, 0.6) is 17.2 Å². The van der Waals surface area contributed by atoms with Crippen molar-refractivity contribution < 1.29 is 19.0 Å². The van der Waals surface area contributed by atoms with Gasteiger partial charge >= 0.3 is 0 Å². The van der Waals surface area contributed by atoms with Crippen LogP contribution < -0.4 is 14.2 Å². The number of nitrogens with zero attached hydrogens (tertiary/aromatic N) is 2. The molecule has 4 rings (SSSR count). The van der Waals surface area contributed by atoms with E-state index in [9.17, 15) is 4.79 Å². The largest absolute Gasteiger partial charge is 0.493 e. The zero-order valence-corrected chi connectivity index (χ0v) is 20.0. The van der Waals surface area contributed by atoms with Gasteiger partial charge in [0.15, 0.2) is 11.5 Å². The average Bonchev–Trinajstić information content (AvgIpc) is 3.26. The Morgan fingerprint density at radius 1 is 1.09 bits per heavy atom. The summed E-state index contributed by atoms with van der Waals surface area (Å²) in [5.41, 5.74) is 4.18. The van der Waals surface area contributed by atoms with E-state index in [0.29, 0.717) is 23.7 Å². The van der Waals surface area contributed by atoms with E-state index >= 15 is 0 Å². The van der Waals surface area contributed by atoms with Crippen molar-refractivity contribution in [1.82, 2.24) is 9.47 Å². The summed E-state index contributed by atoms with van der Waals surface area (Å²) in [6.07, 6.45) is 11.1. The zero-order valence-electron chi connectivity index (χ0n) is 20.0. The third kappa shape index (κ3) is 4.52. The average molecular weight is 459 g/mol. The minimum absolute atomic E-state index is 0.0643. The molecule has 0 N–H and O–H groups in total. The van der Waals surface area contributed by atoms with Crippen LogP contribution in [0.15, 0.2) is 48.7 Å². The molecule has 0 fully saturated rings. The Hall–Kier alpha value is -3.69. The van der Waals surface area contributed by atoms with Crippen LogP contribution in [-0.2, 0) is 6.54 Å². The number of fused-ring (bicyclic) bond motifs is 1. The fraction of sp³-hybridized carbons (Fsp3) is 0.321. The number of ether oxygens (including phenoxy) is 3. The van der Waals surface area contributed by atoms with Crippen LogP contribution in [-0.4, -0.2) is 49.8 Å². The Balaban J connectivity index is 1.77. The van der Waals surface area contributed by atoms with E-state index in [4.69, 9.17) is 20.6 Å². The highest BCUT2D eigenvalue weighted by molar-refractivity contribution is 6.05. The van der Waals surface area contributed by atoms with Crippen LogP contribution >= 0.6 is 0 Å². The van der Waals surface area contributed by atoms with Crippen LogP contribution in [0.25, 0.3) is 16.5 Å². The summed E-state index contributed by atoms with van der Waals surface area (Å²) in [6.45, 7) is 2.66. The van der Waals surface area contributed by atoms with E-state index < -0.39 is 0 Å². The minimum Gasteiger partial charge on any atom is -0.493 e. The second kappa shape index (κ2) is 10.5. The Kier molecular flexibility index (Phi) is 7.24. The van der Waals surface area contributed by atoms with Crippen molar-refractivity contribution in [2.24, 2.45) is 0 Å². The van der Waals surface area contributed by atoms with Gasteiger partial charge in [-0.05, 0) is 17.6 Å². The van der Waals surface area contributed by atoms with Gasteiger partial charge in [0.05, 0.1) is 32.2 Å². The molecule has 0 unspecified atom stereocenters. The molecule has 1 aliphatic heterocycles. The summed E-state index contributed by atoms with van der Waals surface area (Å²) >= 11 is 0. The summed E-state index contributed by atoms with van der Waals surface area (Å²) < 4.78 is 18.6. The number of hydrogen-bond donors (Lipinski definition) is 0. The molecule has 0 spiro atoms. The normalized spacial score (nSPS) is 13.9. The van der Waals surface area contributed by atoms with Crippen molar-refractivity contribution >= 4 is 22.4 Å². The molecule has 1 aromatic heterocycles. The van der Waals surface area contributed by atoms with Gasteiger partial charge in [0.2, 0.25) is 11.7 Å². The van der Waals surface area contributed by atoms with Crippen molar-refractivity contribution in [3.63, 3.8) is 0 Å². The summed E-state index contributed by atoms with van der Waals surface area (Å²) in [6, 6.07) is 12.3. The van der Waals surface area contributed by atoms with Gasteiger partial charge in [0.25, 0.3) is 0 Å². The van der Waals surface area contributed by atoms with Crippen LogP contribution in [0.2, 0.25) is 0 Å². The van der Waals surface area contributed by atoms with Crippen molar-refractivity contribution in [3.05, 3.63) is 59.8 Å². The molecule has 176 valence electrons. The lowest BCUT2D eigenvalue weighted by atomic mass is 9.97. The van der Waals surface area contributed by atoms with Crippen molar-refractivity contribution in [2.75, 3.05) is 34.4 Å². The van der Waals surface area contributed by atoms with Crippen LogP contribution in [0.1, 0.15) is 35.2 Å². The molecular formula is C28H30N2O4. The number of benzene rings is 2. The lowest BCUT2D eigenvalue weighted by Crippen LogP contribution is -2.27. The molecule has 1 aliphatic rings. The molecule has 0 aliphatic carbocycles. The van der Waals surface area contributed by atoms with Crippen molar-refractivity contribution in [1.29, 1.82) is 0 Å². The molecule has 2 heterocycles. The molecule has 6 nitrogen and oxygen atoms in total. The molecule has 34 heavy (non-hydrogen) atoms. The third-order valence-electron chi connectivity index (χ3n) is 6.24. The van der Waals surface area contributed by atoms with Gasteiger partial charge in [0.1, 0.15) is 0 Å². The second-order valence-corrected chi connectivity index (χ2v) is 8.25. The van der Waals surface area contributed by atoms with Gasteiger partial charge in [0, 0.05) is 50.3 Å². The Bertz CT molecular complexity index is 1250. The summed E-state index contributed by atoms with van der Waals surface area (Å²) in [7, 11) is 4.76. The highest BCUT2D eigenvalue weighted by Gasteiger charge is 2.26. The molecule has 6 heteroatoms. The van der Waals surface area contributed by atoms with E-state index in [1.54, 1.807) is 25.9 Å². The van der Waals surface area contributed by atoms with E-state index in [2.05, 4.69) is 41.2 Å². The third-order valence-corrected chi connectivity index (χ3v) is 6.24. The SMILES string of the molecule is C#CCCC(=O)n1cc(C2=CCN(Cc3ccccc3)CC2)c2c(OC)c(OC)c(OC)cc21. The number of rotatable bonds is 8. The molecule has 0 saturated heterocycles. The van der Waals surface area contributed by atoms with Crippen LogP contribution in [0.4, 0.5) is 0 Å². The quantitative estimate of drug-likeness (QED) is 0.444. The van der Waals surface area contributed by atoms with E-state index in [-0.39, 0.29) is 12.3 Å². The first-order valence-corrected chi connectivity index (χ1v) is 11.4. The number of carbonyl (C=O) groups excluding carboxylic acids is 1. The first kappa shape index (κ1) is 23.5. The topological polar surface area (TPSA) is 52.9 Å². The van der Waals surface area contributed by atoms with E-state index in [1.165, 1.54) is 11.1 Å². The maximum absolute atomic E-state index is 13.0. The molecule has 0 radical (unpaired) electrons. The van der Waals surface area contributed by atoms with Crippen LogP contribution in [0, 0.1) is 12.3 Å². The molecule has 0 atom stereocenters. The smallest absolute Gasteiger partial charge is 0.232 e. The standard InChI is InChI=1S/C28H30N2O4/c1-5-6-12-25(31)30-19-22(26-23(30)17-24(32-2)27(33-3)28(26)34-4)21-13-15-29(16-14-21)18-20-10-8-7-9-11-20/h1,7-11,13,17,19H,6,12,14-16,18H2,2-4H3. The Labute approximate surface area is 200 Å². The highest BCUT2D eigenvalue weighted by Crippen LogP contribution is 2.47. The van der Waals surface area contributed by atoms with E-state index in [1.807, 2.05) is 18.3 Å². The Morgan fingerprint density at radius 3 is 2.47 bits per heavy atom. The number of hydrogen-bond acceptors (Lipinski definition) is 5. The predicted molar refractivity (Wildman–Crippen MR) is 135 cm³/mol. The monoisotopic (exact) mass is 458 g/mol. The van der Waals surface area contributed by atoms with Crippen molar-refractivity contribution in [3.8, 4) is 29.6 Å². The van der Waals surface area contributed by atoms with Gasteiger partial charge in [-0.3, -0.25) is 14.3 Å². The van der Waals surface area contributed by atoms with Gasteiger partial charge in [-0.25, -0.2) is 0 Å². The summed E-state index contributed by atoms with van der Waals surface area (Å²) in [4.78, 5) is 15.5. The zero-order chi connectivity index (χ0) is 24.1. The lowest BCUT2D eigenvalue weighted by molar-refractivity contribution is 0.0910. The van der Waals surface area contributed by atoms with Crippen molar-refractivity contribution in [2.45, 2.75) is 25.8 Å².